The van der Waals surface area contributed by atoms with Gasteiger partial charge in [0.15, 0.2) is 0 Å². The Hall–Kier alpha value is -0.370. The van der Waals surface area contributed by atoms with Gasteiger partial charge in [-0.15, -0.1) is 0 Å². The van der Waals surface area contributed by atoms with Crippen LogP contribution in [-0.4, -0.2) is 15.9 Å². The molecule has 0 aromatic rings. The van der Waals surface area contributed by atoms with Gasteiger partial charge in [-0.05, 0) is 12.0 Å². The third-order valence-corrected chi connectivity index (χ3v) is 2.01. The molecular weight excluding hydrogens is 151 g/mol. The molecule has 10 heavy (non-hydrogen) atoms. The molecule has 0 aromatic carbocycles. The summed E-state index contributed by atoms with van der Waals surface area (Å²) in [4.78, 5) is 17.0. The summed E-state index contributed by atoms with van der Waals surface area (Å²) in [6, 6.07) is 0. The van der Waals surface area contributed by atoms with Crippen LogP contribution in [0.1, 0.15) is 6.42 Å². The number of rotatable bonds is 2. The zero-order valence-corrected chi connectivity index (χ0v) is 6.29. The van der Waals surface area contributed by atoms with Gasteiger partial charge in [0.05, 0.1) is 6.16 Å². The van der Waals surface area contributed by atoms with E-state index in [1.807, 2.05) is 12.2 Å². The molecule has 0 bridgehead atoms. The summed E-state index contributed by atoms with van der Waals surface area (Å²) in [5.74, 6) is 0. The minimum Gasteiger partial charge on any atom is -0.324 e. The van der Waals surface area contributed by atoms with E-state index in [2.05, 4.69) is 0 Å². The van der Waals surface area contributed by atoms with Crippen molar-refractivity contribution in [1.29, 1.82) is 0 Å². The minimum atomic E-state index is -3.83. The minimum absolute atomic E-state index is 0.122. The van der Waals surface area contributed by atoms with E-state index in [1.54, 1.807) is 6.08 Å². The molecule has 0 aliphatic heterocycles. The Morgan fingerprint density at radius 1 is 1.60 bits per heavy atom. The SMILES string of the molecule is O=P(O)(O)CC1=CCC=C1. The Kier molecular flexibility index (Phi) is 2.09. The third kappa shape index (κ3) is 2.48. The zero-order valence-electron chi connectivity index (χ0n) is 5.40. The fourth-order valence-electron chi connectivity index (χ4n) is 0.862. The molecule has 0 saturated carbocycles. The summed E-state index contributed by atoms with van der Waals surface area (Å²) in [5, 5.41) is 0. The van der Waals surface area contributed by atoms with Crippen molar-refractivity contribution in [3.8, 4) is 0 Å². The van der Waals surface area contributed by atoms with Gasteiger partial charge in [-0.25, -0.2) is 0 Å². The fraction of sp³-hybridized carbons (Fsp3) is 0.333. The Balaban J connectivity index is 2.55. The predicted octanol–water partition coefficient (Wildman–Crippen LogP) is 1.05. The lowest BCUT2D eigenvalue weighted by Gasteiger charge is -2.00. The molecular formula is C6H9O3P. The van der Waals surface area contributed by atoms with Gasteiger partial charge in [-0.3, -0.25) is 4.57 Å². The monoisotopic (exact) mass is 160 g/mol. The van der Waals surface area contributed by atoms with Crippen molar-refractivity contribution < 1.29 is 14.4 Å². The van der Waals surface area contributed by atoms with Crippen LogP contribution < -0.4 is 0 Å². The quantitative estimate of drug-likeness (QED) is 0.593. The van der Waals surface area contributed by atoms with Crippen LogP contribution in [0.25, 0.3) is 0 Å². The molecule has 0 amide bonds. The predicted molar refractivity (Wildman–Crippen MR) is 38.8 cm³/mol. The van der Waals surface area contributed by atoms with Gasteiger partial charge in [0, 0.05) is 0 Å². The van der Waals surface area contributed by atoms with E-state index in [1.165, 1.54) is 0 Å². The highest BCUT2D eigenvalue weighted by atomic mass is 31.2. The molecule has 0 aromatic heterocycles. The van der Waals surface area contributed by atoms with E-state index in [0.29, 0.717) is 0 Å². The molecule has 56 valence electrons. The first-order valence-corrected chi connectivity index (χ1v) is 4.78. The lowest BCUT2D eigenvalue weighted by atomic mass is 10.3. The second-order valence-corrected chi connectivity index (χ2v) is 3.89. The highest BCUT2D eigenvalue weighted by molar-refractivity contribution is 7.52. The molecule has 4 heteroatoms. The number of allylic oxidation sites excluding steroid dienone is 4. The Morgan fingerprint density at radius 3 is 2.70 bits per heavy atom. The molecule has 0 spiro atoms. The van der Waals surface area contributed by atoms with E-state index in [-0.39, 0.29) is 6.16 Å². The molecule has 0 heterocycles. The average Bonchev–Trinajstić information content (AvgIpc) is 2.12. The van der Waals surface area contributed by atoms with Crippen molar-refractivity contribution in [2.24, 2.45) is 0 Å². The van der Waals surface area contributed by atoms with Gasteiger partial charge < -0.3 is 9.79 Å². The smallest absolute Gasteiger partial charge is 0.324 e. The average molecular weight is 160 g/mol. The molecule has 2 N–H and O–H groups in total. The van der Waals surface area contributed by atoms with E-state index < -0.39 is 7.60 Å². The van der Waals surface area contributed by atoms with Crippen LogP contribution in [0.2, 0.25) is 0 Å². The van der Waals surface area contributed by atoms with Gasteiger partial charge in [0.2, 0.25) is 0 Å². The lowest BCUT2D eigenvalue weighted by molar-refractivity contribution is 0.376. The molecule has 1 aliphatic rings. The Bertz CT molecular complexity index is 223. The first kappa shape index (κ1) is 7.73. The van der Waals surface area contributed by atoms with Gasteiger partial charge in [-0.2, -0.15) is 0 Å². The number of hydrogen-bond donors (Lipinski definition) is 2. The molecule has 1 rings (SSSR count). The van der Waals surface area contributed by atoms with Crippen molar-refractivity contribution in [1.82, 2.24) is 0 Å². The van der Waals surface area contributed by atoms with E-state index in [0.717, 1.165) is 12.0 Å². The second kappa shape index (κ2) is 2.70. The van der Waals surface area contributed by atoms with Crippen molar-refractivity contribution >= 4 is 7.60 Å². The van der Waals surface area contributed by atoms with Crippen LogP contribution in [-0.2, 0) is 4.57 Å². The zero-order chi connectivity index (χ0) is 7.61. The molecule has 0 radical (unpaired) electrons. The summed E-state index contributed by atoms with van der Waals surface area (Å²) in [7, 11) is -3.83. The van der Waals surface area contributed by atoms with Crippen molar-refractivity contribution in [3.63, 3.8) is 0 Å². The van der Waals surface area contributed by atoms with Crippen molar-refractivity contribution in [2.75, 3.05) is 6.16 Å². The summed E-state index contributed by atoms with van der Waals surface area (Å²) in [6.45, 7) is 0. The van der Waals surface area contributed by atoms with Crippen LogP contribution in [0.4, 0.5) is 0 Å². The molecule has 0 saturated heterocycles. The maximum atomic E-state index is 10.4. The molecule has 0 unspecified atom stereocenters. The topological polar surface area (TPSA) is 57.5 Å². The third-order valence-electron chi connectivity index (χ3n) is 1.24. The van der Waals surface area contributed by atoms with Crippen LogP contribution >= 0.6 is 7.60 Å². The van der Waals surface area contributed by atoms with Gasteiger partial charge >= 0.3 is 7.60 Å². The van der Waals surface area contributed by atoms with Crippen LogP contribution in [0, 0.1) is 0 Å². The van der Waals surface area contributed by atoms with Crippen LogP contribution in [0.15, 0.2) is 23.8 Å². The lowest BCUT2D eigenvalue weighted by Crippen LogP contribution is -1.87. The van der Waals surface area contributed by atoms with Crippen LogP contribution in [0.5, 0.6) is 0 Å². The van der Waals surface area contributed by atoms with Crippen molar-refractivity contribution in [3.05, 3.63) is 23.8 Å². The molecule has 0 fully saturated rings. The van der Waals surface area contributed by atoms with E-state index in [4.69, 9.17) is 9.79 Å². The van der Waals surface area contributed by atoms with Crippen molar-refractivity contribution in [2.45, 2.75) is 6.42 Å². The van der Waals surface area contributed by atoms with Gasteiger partial charge in [0.1, 0.15) is 0 Å². The summed E-state index contributed by atoms with van der Waals surface area (Å²) >= 11 is 0. The maximum absolute atomic E-state index is 10.4. The number of hydrogen-bond acceptors (Lipinski definition) is 1. The first-order valence-electron chi connectivity index (χ1n) is 2.98. The van der Waals surface area contributed by atoms with E-state index >= 15 is 0 Å². The van der Waals surface area contributed by atoms with Gasteiger partial charge in [0.25, 0.3) is 0 Å². The summed E-state index contributed by atoms with van der Waals surface area (Å²) < 4.78 is 10.4. The highest BCUT2D eigenvalue weighted by Crippen LogP contribution is 2.37. The molecule has 1 aliphatic carbocycles. The van der Waals surface area contributed by atoms with Gasteiger partial charge in [-0.1, -0.05) is 18.2 Å². The Labute approximate surface area is 59.2 Å². The fourth-order valence-corrected chi connectivity index (χ4v) is 1.57. The highest BCUT2D eigenvalue weighted by Gasteiger charge is 2.14. The summed E-state index contributed by atoms with van der Waals surface area (Å²) in [5.41, 5.74) is 0.744. The molecule has 3 nitrogen and oxygen atoms in total. The Morgan fingerprint density at radius 2 is 2.30 bits per heavy atom. The molecule has 0 atom stereocenters. The maximum Gasteiger partial charge on any atom is 0.329 e. The summed E-state index contributed by atoms with van der Waals surface area (Å²) in [6.07, 6.45) is 6.13. The second-order valence-electron chi connectivity index (χ2n) is 2.24. The largest absolute Gasteiger partial charge is 0.329 e. The normalized spacial score (nSPS) is 17.6. The standard InChI is InChI=1S/C6H9O3P/c7-10(8,9)5-6-3-1-2-4-6/h1,3-4H,2,5H2,(H2,7,8,9). The van der Waals surface area contributed by atoms with Crippen LogP contribution in [0.3, 0.4) is 0 Å². The van der Waals surface area contributed by atoms with E-state index in [9.17, 15) is 4.57 Å². The first-order chi connectivity index (χ1) is 4.58.